The molecular weight excluding hydrogens is 364 g/mol. The van der Waals surface area contributed by atoms with Gasteiger partial charge in [0, 0.05) is 10.6 Å². The fourth-order valence-corrected chi connectivity index (χ4v) is 2.77. The van der Waals surface area contributed by atoms with E-state index in [1.807, 2.05) is 52.1 Å². The van der Waals surface area contributed by atoms with E-state index >= 15 is 0 Å². The van der Waals surface area contributed by atoms with Crippen molar-refractivity contribution in [1.29, 1.82) is 0 Å². The van der Waals surface area contributed by atoms with Crippen LogP contribution in [0.4, 0.5) is 10.5 Å². The molecule has 0 spiro atoms. The molecule has 0 aliphatic carbocycles. The van der Waals surface area contributed by atoms with E-state index in [-0.39, 0.29) is 0 Å². The second-order valence-electron chi connectivity index (χ2n) is 6.95. The molecule has 0 aliphatic heterocycles. The van der Waals surface area contributed by atoms with Crippen LogP contribution in [0.1, 0.15) is 66.2 Å². The SMILES string of the molecule is CCCCCCCCS.CNSc1ccc(NC(=O)OC(C)(C)C)cc1. The van der Waals surface area contributed by atoms with Crippen molar-refractivity contribution >= 4 is 36.4 Å². The van der Waals surface area contributed by atoms with Crippen LogP contribution in [0.2, 0.25) is 0 Å². The summed E-state index contributed by atoms with van der Waals surface area (Å²) in [5, 5.41) is 2.68. The first kappa shape index (κ1) is 25.1. The molecule has 0 bridgehead atoms. The van der Waals surface area contributed by atoms with Crippen molar-refractivity contribution in [3.8, 4) is 0 Å². The molecule has 4 nitrogen and oxygen atoms in total. The van der Waals surface area contributed by atoms with Gasteiger partial charge in [0.15, 0.2) is 0 Å². The third kappa shape index (κ3) is 15.4. The van der Waals surface area contributed by atoms with E-state index in [2.05, 4.69) is 29.6 Å². The zero-order valence-electron chi connectivity index (χ0n) is 16.9. The van der Waals surface area contributed by atoms with E-state index in [0.717, 1.165) is 16.3 Å². The first-order valence-electron chi connectivity index (χ1n) is 9.37. The molecule has 2 N–H and O–H groups in total. The van der Waals surface area contributed by atoms with Gasteiger partial charge in [-0.25, -0.2) is 4.79 Å². The zero-order valence-corrected chi connectivity index (χ0v) is 18.6. The highest BCUT2D eigenvalue weighted by atomic mass is 32.2. The van der Waals surface area contributed by atoms with Crippen molar-refractivity contribution in [3.05, 3.63) is 24.3 Å². The Hall–Kier alpha value is -0.850. The molecule has 1 amide bonds. The molecule has 1 aromatic rings. The molecule has 0 saturated heterocycles. The van der Waals surface area contributed by atoms with Crippen molar-refractivity contribution in [1.82, 2.24) is 4.72 Å². The lowest BCUT2D eigenvalue weighted by Crippen LogP contribution is -2.27. The van der Waals surface area contributed by atoms with E-state index in [0.29, 0.717) is 0 Å². The van der Waals surface area contributed by atoms with Gasteiger partial charge in [-0.2, -0.15) is 12.6 Å². The minimum atomic E-state index is -0.480. The number of anilines is 1. The number of amides is 1. The van der Waals surface area contributed by atoms with Crippen LogP contribution in [0, 0.1) is 0 Å². The largest absolute Gasteiger partial charge is 0.444 e. The van der Waals surface area contributed by atoms with Crippen LogP contribution in [0.25, 0.3) is 0 Å². The van der Waals surface area contributed by atoms with Gasteiger partial charge in [-0.05, 0) is 76.2 Å². The summed E-state index contributed by atoms with van der Waals surface area (Å²) in [6, 6.07) is 7.52. The molecule has 1 aromatic carbocycles. The molecule has 1 rings (SSSR count). The normalized spacial score (nSPS) is 10.7. The van der Waals surface area contributed by atoms with Gasteiger partial charge in [0.05, 0.1) is 0 Å². The zero-order chi connectivity index (χ0) is 19.8. The summed E-state index contributed by atoms with van der Waals surface area (Å²) >= 11 is 5.66. The Balaban J connectivity index is 0.000000590. The monoisotopic (exact) mass is 400 g/mol. The number of hydrogen-bond acceptors (Lipinski definition) is 5. The van der Waals surface area contributed by atoms with Crippen molar-refractivity contribution in [2.75, 3.05) is 18.1 Å². The Kier molecular flexibility index (Phi) is 14.7. The predicted octanol–water partition coefficient (Wildman–Crippen LogP) is 6.54. The maximum Gasteiger partial charge on any atom is 0.412 e. The molecule has 0 fully saturated rings. The Morgan fingerprint density at radius 2 is 1.65 bits per heavy atom. The van der Waals surface area contributed by atoms with Crippen LogP contribution < -0.4 is 10.0 Å². The van der Waals surface area contributed by atoms with Crippen molar-refractivity contribution in [2.24, 2.45) is 0 Å². The smallest absolute Gasteiger partial charge is 0.412 e. The van der Waals surface area contributed by atoms with Crippen LogP contribution in [0.15, 0.2) is 29.2 Å². The number of thiol groups is 1. The van der Waals surface area contributed by atoms with Gasteiger partial charge in [0.25, 0.3) is 0 Å². The summed E-state index contributed by atoms with van der Waals surface area (Å²) < 4.78 is 8.13. The highest BCUT2D eigenvalue weighted by Crippen LogP contribution is 2.18. The second-order valence-corrected chi connectivity index (χ2v) is 8.48. The molecule has 0 saturated carbocycles. The number of unbranched alkanes of at least 4 members (excludes halogenated alkanes) is 5. The molecule has 0 aromatic heterocycles. The fraction of sp³-hybridized carbons (Fsp3) is 0.650. The molecule has 0 atom stereocenters. The van der Waals surface area contributed by atoms with Crippen LogP contribution in [0.3, 0.4) is 0 Å². The molecule has 0 radical (unpaired) electrons. The number of hydrogen-bond donors (Lipinski definition) is 3. The summed E-state index contributed by atoms with van der Waals surface area (Å²) in [6.45, 7) is 7.75. The van der Waals surface area contributed by atoms with Crippen molar-refractivity contribution < 1.29 is 9.53 Å². The van der Waals surface area contributed by atoms with Gasteiger partial charge in [-0.3, -0.25) is 10.0 Å². The lowest BCUT2D eigenvalue weighted by atomic mass is 10.1. The first-order valence-corrected chi connectivity index (χ1v) is 10.8. The second kappa shape index (κ2) is 15.2. The van der Waals surface area contributed by atoms with Gasteiger partial charge in [-0.1, -0.05) is 39.0 Å². The van der Waals surface area contributed by atoms with Crippen molar-refractivity contribution in [3.63, 3.8) is 0 Å². The van der Waals surface area contributed by atoms with Crippen LogP contribution in [-0.4, -0.2) is 24.5 Å². The van der Waals surface area contributed by atoms with Gasteiger partial charge in [0.2, 0.25) is 0 Å². The quantitative estimate of drug-likeness (QED) is 0.250. The molecular formula is C20H36N2O2S2. The summed E-state index contributed by atoms with van der Waals surface area (Å²) in [6.07, 6.45) is 7.83. The lowest BCUT2D eigenvalue weighted by Gasteiger charge is -2.19. The lowest BCUT2D eigenvalue weighted by molar-refractivity contribution is 0.0636. The van der Waals surface area contributed by atoms with E-state index in [4.69, 9.17) is 4.74 Å². The Bertz CT molecular complexity index is 468. The number of rotatable bonds is 9. The van der Waals surface area contributed by atoms with Crippen LogP contribution >= 0.6 is 24.6 Å². The summed E-state index contributed by atoms with van der Waals surface area (Å²) in [5.74, 6) is 1.06. The topological polar surface area (TPSA) is 50.4 Å². The van der Waals surface area contributed by atoms with Crippen LogP contribution in [-0.2, 0) is 4.74 Å². The van der Waals surface area contributed by atoms with E-state index in [9.17, 15) is 4.79 Å². The summed E-state index contributed by atoms with van der Waals surface area (Å²) in [4.78, 5) is 12.6. The number of benzene rings is 1. The van der Waals surface area contributed by atoms with Gasteiger partial charge in [0.1, 0.15) is 5.60 Å². The highest BCUT2D eigenvalue weighted by molar-refractivity contribution is 7.97. The standard InChI is InChI=1S/C12H18N2O2S.C8H18S/c1-12(2,3)16-11(15)14-9-5-7-10(8-6-9)17-13-4;1-2-3-4-5-6-7-8-9/h5-8,13H,1-4H3,(H,14,15);9H,2-8H2,1H3. The minimum Gasteiger partial charge on any atom is -0.444 e. The molecule has 6 heteroatoms. The Morgan fingerprint density at radius 3 is 2.15 bits per heavy atom. The Labute approximate surface area is 169 Å². The Morgan fingerprint density at radius 1 is 1.08 bits per heavy atom. The molecule has 26 heavy (non-hydrogen) atoms. The number of ether oxygens (including phenoxy) is 1. The van der Waals surface area contributed by atoms with Gasteiger partial charge < -0.3 is 4.74 Å². The highest BCUT2D eigenvalue weighted by Gasteiger charge is 2.15. The summed E-state index contributed by atoms with van der Waals surface area (Å²) in [5.41, 5.74) is 0.242. The molecule has 0 aliphatic rings. The maximum atomic E-state index is 11.5. The average molecular weight is 401 g/mol. The number of carbonyl (C=O) groups excluding carboxylic acids is 1. The maximum absolute atomic E-state index is 11.5. The first-order chi connectivity index (χ1) is 12.3. The van der Waals surface area contributed by atoms with Gasteiger partial charge >= 0.3 is 6.09 Å². The van der Waals surface area contributed by atoms with E-state index < -0.39 is 11.7 Å². The fourth-order valence-electron chi connectivity index (χ4n) is 2.04. The third-order valence-electron chi connectivity index (χ3n) is 3.23. The number of carbonyl (C=O) groups is 1. The molecule has 0 unspecified atom stereocenters. The average Bonchev–Trinajstić information content (AvgIpc) is 2.56. The predicted molar refractivity (Wildman–Crippen MR) is 118 cm³/mol. The van der Waals surface area contributed by atoms with Crippen molar-refractivity contribution in [2.45, 2.75) is 76.7 Å². The molecule has 150 valence electrons. The van der Waals surface area contributed by atoms with E-state index in [1.165, 1.54) is 50.5 Å². The minimum absolute atomic E-state index is 0.438. The third-order valence-corrected chi connectivity index (χ3v) is 4.26. The van der Waals surface area contributed by atoms with Crippen LogP contribution in [0.5, 0.6) is 0 Å². The van der Waals surface area contributed by atoms with Gasteiger partial charge in [-0.15, -0.1) is 0 Å². The summed E-state index contributed by atoms with van der Waals surface area (Å²) in [7, 11) is 1.86. The number of nitrogens with one attached hydrogen (secondary N) is 2. The molecule has 0 heterocycles. The van der Waals surface area contributed by atoms with E-state index in [1.54, 1.807) is 0 Å².